The second-order valence-corrected chi connectivity index (χ2v) is 18.9. The third-order valence-electron chi connectivity index (χ3n) is 13.0. The number of hydrogen-bond donors (Lipinski definition) is 4. The van der Waals surface area contributed by atoms with Gasteiger partial charge in [-0.15, -0.1) is 0 Å². The molecule has 5 aliphatic rings. The van der Waals surface area contributed by atoms with Crippen LogP contribution < -0.4 is 21.3 Å². The molecule has 3 saturated heterocycles. The zero-order chi connectivity index (χ0) is 40.7. The predicted molar refractivity (Wildman–Crippen MR) is 199 cm³/mol. The number of alkyl halides is 2. The average molecular weight is 777 g/mol. The summed E-state index contributed by atoms with van der Waals surface area (Å²) in [6, 6.07) is -5.25. The van der Waals surface area contributed by atoms with Crippen molar-refractivity contribution < 1.29 is 42.3 Å². The highest BCUT2D eigenvalue weighted by atomic mass is 19.3. The number of carbonyl (C=O) groups excluding carboxylic acids is 7. The number of halogens is 2. The summed E-state index contributed by atoms with van der Waals surface area (Å²) in [7, 11) is 0. The van der Waals surface area contributed by atoms with Crippen LogP contribution in [0.25, 0.3) is 0 Å². The Bertz CT molecular complexity index is 1520. The number of amides is 7. The van der Waals surface area contributed by atoms with Crippen LogP contribution in [0.4, 0.5) is 13.6 Å². The molecule has 7 amide bonds. The summed E-state index contributed by atoms with van der Waals surface area (Å²) in [6.07, 6.45) is 2.86. The van der Waals surface area contributed by atoms with E-state index in [4.69, 9.17) is 0 Å². The number of carbonyl (C=O) groups is 7. The van der Waals surface area contributed by atoms with Gasteiger partial charge in [-0.25, -0.2) is 13.6 Å². The van der Waals surface area contributed by atoms with E-state index < -0.39 is 89.7 Å². The van der Waals surface area contributed by atoms with Gasteiger partial charge in [0.1, 0.15) is 12.1 Å². The number of imide groups is 1. The van der Waals surface area contributed by atoms with Crippen molar-refractivity contribution in [1.29, 1.82) is 0 Å². The van der Waals surface area contributed by atoms with Crippen molar-refractivity contribution in [3.63, 3.8) is 0 Å². The molecule has 2 aliphatic carbocycles. The topological polar surface area (TPSA) is 174 Å². The molecule has 0 spiro atoms. The molecule has 13 nitrogen and oxygen atoms in total. The Balaban J connectivity index is 1.37. The number of urea groups is 1. The second kappa shape index (κ2) is 16.1. The van der Waals surface area contributed by atoms with Gasteiger partial charge in [0.25, 0.3) is 5.91 Å². The minimum Gasteiger partial charge on any atom is -0.347 e. The van der Waals surface area contributed by atoms with Crippen LogP contribution in [0.3, 0.4) is 0 Å². The number of nitrogens with one attached hydrogen (secondary N) is 4. The smallest absolute Gasteiger partial charge is 0.315 e. The van der Waals surface area contributed by atoms with E-state index in [0.29, 0.717) is 25.7 Å². The zero-order valence-corrected chi connectivity index (χ0v) is 33.7. The maximum absolute atomic E-state index is 15.3. The lowest BCUT2D eigenvalue weighted by Crippen LogP contribution is -2.61. The molecule has 0 bridgehead atoms. The van der Waals surface area contributed by atoms with E-state index in [1.54, 1.807) is 0 Å². The summed E-state index contributed by atoms with van der Waals surface area (Å²) in [4.78, 5) is 97.3. The van der Waals surface area contributed by atoms with Gasteiger partial charge in [0, 0.05) is 44.8 Å². The largest absolute Gasteiger partial charge is 0.347 e. The molecule has 5 fully saturated rings. The van der Waals surface area contributed by atoms with E-state index in [9.17, 15) is 33.6 Å². The van der Waals surface area contributed by atoms with Crippen molar-refractivity contribution in [2.24, 2.45) is 28.1 Å². The molecule has 0 unspecified atom stereocenters. The molecule has 308 valence electrons. The van der Waals surface area contributed by atoms with E-state index >= 15 is 8.78 Å². The third kappa shape index (κ3) is 10.0. The summed E-state index contributed by atoms with van der Waals surface area (Å²) >= 11 is 0. The van der Waals surface area contributed by atoms with Crippen molar-refractivity contribution in [2.45, 2.75) is 168 Å². The summed E-state index contributed by atoms with van der Waals surface area (Å²) in [5.74, 6) is -6.97. The van der Waals surface area contributed by atoms with Crippen LogP contribution >= 0.6 is 0 Å². The van der Waals surface area contributed by atoms with Crippen molar-refractivity contribution in [3.8, 4) is 0 Å². The van der Waals surface area contributed by atoms with Crippen LogP contribution in [0.15, 0.2) is 0 Å². The number of Topliss-reactive ketones (excluding diaryl/α,β-unsaturated/α-hetero) is 1. The van der Waals surface area contributed by atoms with Gasteiger partial charge in [0.05, 0.1) is 12.1 Å². The molecule has 15 heteroatoms. The van der Waals surface area contributed by atoms with E-state index in [2.05, 4.69) is 21.3 Å². The molecular formula is C40H62F2N6O7. The third-order valence-corrected chi connectivity index (χ3v) is 13.0. The van der Waals surface area contributed by atoms with Crippen molar-refractivity contribution in [1.82, 2.24) is 31.1 Å². The van der Waals surface area contributed by atoms with E-state index in [1.165, 1.54) is 9.80 Å². The first-order valence-electron chi connectivity index (χ1n) is 20.3. The zero-order valence-electron chi connectivity index (χ0n) is 33.7. The number of fused-ring (bicyclic) bond motifs is 3. The highest BCUT2D eigenvalue weighted by molar-refractivity contribution is 6.38. The Kier molecular flexibility index (Phi) is 12.4. The Morgan fingerprint density at radius 2 is 1.53 bits per heavy atom. The molecule has 3 aliphatic heterocycles. The predicted octanol–water partition coefficient (Wildman–Crippen LogP) is 4.22. The maximum atomic E-state index is 15.3. The lowest BCUT2D eigenvalue weighted by atomic mass is 9.77. The molecular weight excluding hydrogens is 714 g/mol. The first-order chi connectivity index (χ1) is 25.6. The maximum Gasteiger partial charge on any atom is 0.315 e. The fraction of sp³-hybridized carbons (Fsp3) is 0.825. The quantitative estimate of drug-likeness (QED) is 0.211. The molecule has 5 rings (SSSR count). The monoisotopic (exact) mass is 776 g/mol. The molecule has 0 aromatic carbocycles. The number of hydrogen-bond acceptors (Lipinski definition) is 7. The van der Waals surface area contributed by atoms with E-state index in [1.807, 2.05) is 48.5 Å². The first-order valence-corrected chi connectivity index (χ1v) is 20.3. The average Bonchev–Trinajstić information content (AvgIpc) is 3.94. The Morgan fingerprint density at radius 3 is 2.13 bits per heavy atom. The Labute approximate surface area is 323 Å². The van der Waals surface area contributed by atoms with Gasteiger partial charge >= 0.3 is 6.03 Å². The van der Waals surface area contributed by atoms with Crippen LogP contribution in [-0.4, -0.2) is 100 Å². The fourth-order valence-corrected chi connectivity index (χ4v) is 8.66. The van der Waals surface area contributed by atoms with Gasteiger partial charge < -0.3 is 26.2 Å². The highest BCUT2D eigenvalue weighted by Crippen LogP contribution is 2.65. The minimum atomic E-state index is -3.13. The Morgan fingerprint density at radius 1 is 0.891 bits per heavy atom. The van der Waals surface area contributed by atoms with Crippen LogP contribution in [0.5, 0.6) is 0 Å². The molecule has 0 aromatic heterocycles. The van der Waals surface area contributed by atoms with Gasteiger partial charge in [-0.2, -0.15) is 0 Å². The van der Waals surface area contributed by atoms with Gasteiger partial charge in [-0.05, 0) is 66.6 Å². The molecule has 55 heavy (non-hydrogen) atoms. The van der Waals surface area contributed by atoms with Crippen LogP contribution in [0, 0.1) is 28.1 Å². The lowest BCUT2D eigenvalue weighted by molar-refractivity contribution is -0.154. The van der Waals surface area contributed by atoms with Crippen molar-refractivity contribution >= 4 is 41.4 Å². The summed E-state index contributed by atoms with van der Waals surface area (Å²) in [5.41, 5.74) is -1.41. The fourth-order valence-electron chi connectivity index (χ4n) is 8.66. The van der Waals surface area contributed by atoms with Crippen LogP contribution in [0.2, 0.25) is 0 Å². The molecule has 3 heterocycles. The first kappa shape index (κ1) is 42.5. The van der Waals surface area contributed by atoms with Crippen molar-refractivity contribution in [3.05, 3.63) is 0 Å². The van der Waals surface area contributed by atoms with Crippen LogP contribution in [0.1, 0.15) is 132 Å². The van der Waals surface area contributed by atoms with E-state index in [-0.39, 0.29) is 73.9 Å². The SMILES string of the molecule is CCC1(C)CC(=O)N(C[C@@H](NC(=O)N[C@H]2CCC(F)(F)CCCCCC[C@@H](C(=O)C(=O)NC3CC3)NC(=O)[C@@H]3[C@@H]4[C@H](CN3C2=O)C4(C)C)C(C)(C)C)C(=O)C1. The van der Waals surface area contributed by atoms with Gasteiger partial charge in [-0.1, -0.05) is 67.7 Å². The number of piperidine rings is 2. The normalized spacial score (nSPS) is 30.4. The minimum absolute atomic E-state index is 0.0665. The molecule has 0 radical (unpaired) electrons. The standard InChI is InChI=1S/C40H62F2N6O7/c1-8-39(7)19-28(49)47(29(50)20-39)22-27(37(2,3)4)46-36(55)45-26-16-18-40(41,42)17-12-10-9-11-13-25(32(51)34(53)43-23-14-15-23)44-33(52)31-30-24(38(30,5)6)21-48(31)35(26)54/h23-27,30-31H,8-22H2,1-7H3,(H,43,53)(H,44,52)(H2,45,46,55)/t24-,25-,26-,27+,30-,31-/m0/s1. The molecule has 4 N–H and O–H groups in total. The number of nitrogens with zero attached hydrogens (tertiary/aromatic N) is 2. The number of ketones is 1. The second-order valence-electron chi connectivity index (χ2n) is 18.9. The van der Waals surface area contributed by atoms with Gasteiger partial charge in [-0.3, -0.25) is 33.7 Å². The highest BCUT2D eigenvalue weighted by Gasteiger charge is 2.69. The Hall–Kier alpha value is -3.65. The number of rotatable bonds is 8. The molecule has 2 saturated carbocycles. The molecule has 6 atom stereocenters. The number of likely N-dealkylation sites (tertiary alicyclic amines) is 1. The summed E-state index contributed by atoms with van der Waals surface area (Å²) in [6.45, 7) is 13.4. The summed E-state index contributed by atoms with van der Waals surface area (Å²) in [5, 5.41) is 11.0. The molecule has 0 aromatic rings. The van der Waals surface area contributed by atoms with Crippen molar-refractivity contribution in [2.75, 3.05) is 13.1 Å². The van der Waals surface area contributed by atoms with Gasteiger partial charge in [0.2, 0.25) is 35.3 Å². The van der Waals surface area contributed by atoms with E-state index in [0.717, 1.165) is 12.8 Å². The van der Waals surface area contributed by atoms with Crippen LogP contribution in [-0.2, 0) is 28.8 Å². The lowest BCUT2D eigenvalue weighted by Gasteiger charge is -2.41. The summed E-state index contributed by atoms with van der Waals surface area (Å²) < 4.78 is 30.7. The van der Waals surface area contributed by atoms with Gasteiger partial charge in [0.15, 0.2) is 0 Å².